The van der Waals surface area contributed by atoms with E-state index in [2.05, 4.69) is 0 Å². The zero-order valence-corrected chi connectivity index (χ0v) is 11.0. The molecule has 0 unspecified atom stereocenters. The number of halogens is 1. The van der Waals surface area contributed by atoms with Crippen LogP contribution in [0.4, 0.5) is 5.69 Å². The van der Waals surface area contributed by atoms with Crippen molar-refractivity contribution < 1.29 is 5.11 Å². The van der Waals surface area contributed by atoms with Crippen molar-refractivity contribution in [1.29, 1.82) is 5.41 Å². The second-order valence-electron chi connectivity index (χ2n) is 4.75. The van der Waals surface area contributed by atoms with Crippen LogP contribution < -0.4 is 10.6 Å². The number of anilines is 1. The lowest BCUT2D eigenvalue weighted by atomic mass is 10.1. The van der Waals surface area contributed by atoms with Gasteiger partial charge in [0.25, 0.3) is 0 Å². The van der Waals surface area contributed by atoms with Gasteiger partial charge in [0.1, 0.15) is 5.84 Å². The number of benzene rings is 1. The summed E-state index contributed by atoms with van der Waals surface area (Å²) in [5.41, 5.74) is 6.01. The van der Waals surface area contributed by atoms with Crippen LogP contribution in [0.3, 0.4) is 0 Å². The highest BCUT2D eigenvalue weighted by Crippen LogP contribution is 2.23. The van der Waals surface area contributed by atoms with Crippen molar-refractivity contribution in [3.63, 3.8) is 0 Å². The van der Waals surface area contributed by atoms with E-state index in [-0.39, 0.29) is 5.84 Å². The first-order valence-electron chi connectivity index (χ1n) is 5.28. The van der Waals surface area contributed by atoms with Gasteiger partial charge in [0.05, 0.1) is 10.6 Å². The third-order valence-electron chi connectivity index (χ3n) is 2.31. The zero-order valence-electron chi connectivity index (χ0n) is 10.3. The molecule has 5 heteroatoms. The van der Waals surface area contributed by atoms with Gasteiger partial charge in [0.2, 0.25) is 0 Å². The number of likely N-dealkylation sites (N-methyl/N-ethyl adjacent to an activating group) is 1. The van der Waals surface area contributed by atoms with E-state index in [1.807, 2.05) is 18.0 Å². The molecule has 1 aromatic carbocycles. The van der Waals surface area contributed by atoms with Gasteiger partial charge in [-0.1, -0.05) is 11.6 Å². The number of nitrogens with zero attached hydrogens (tertiary/aromatic N) is 1. The molecular weight excluding hydrogens is 238 g/mol. The van der Waals surface area contributed by atoms with E-state index < -0.39 is 5.60 Å². The molecule has 0 saturated heterocycles. The van der Waals surface area contributed by atoms with Gasteiger partial charge in [-0.3, -0.25) is 5.41 Å². The zero-order chi connectivity index (χ0) is 13.2. The van der Waals surface area contributed by atoms with Crippen LogP contribution in [-0.2, 0) is 0 Å². The molecule has 0 aliphatic rings. The van der Waals surface area contributed by atoms with E-state index in [0.717, 1.165) is 5.69 Å². The summed E-state index contributed by atoms with van der Waals surface area (Å²) in [6, 6.07) is 5.28. The van der Waals surface area contributed by atoms with Crippen LogP contribution in [0.15, 0.2) is 18.2 Å². The molecule has 0 aliphatic heterocycles. The van der Waals surface area contributed by atoms with Crippen LogP contribution in [-0.4, -0.2) is 30.1 Å². The Balaban J connectivity index is 2.94. The van der Waals surface area contributed by atoms with Crippen LogP contribution in [0.1, 0.15) is 19.4 Å². The number of nitrogens with one attached hydrogen (secondary N) is 1. The van der Waals surface area contributed by atoms with E-state index >= 15 is 0 Å². The Hall–Kier alpha value is -1.26. The molecule has 4 N–H and O–H groups in total. The van der Waals surface area contributed by atoms with E-state index in [1.165, 1.54) is 0 Å². The van der Waals surface area contributed by atoms with Crippen LogP contribution in [0.5, 0.6) is 0 Å². The van der Waals surface area contributed by atoms with Gasteiger partial charge < -0.3 is 15.7 Å². The molecule has 0 aliphatic carbocycles. The number of aliphatic hydroxyl groups is 1. The summed E-state index contributed by atoms with van der Waals surface area (Å²) >= 11 is 6.03. The maximum absolute atomic E-state index is 9.73. The molecule has 0 spiro atoms. The van der Waals surface area contributed by atoms with Crippen molar-refractivity contribution in [2.75, 3.05) is 18.5 Å². The number of nitrogen functional groups attached to an aromatic ring is 1. The highest BCUT2D eigenvalue weighted by molar-refractivity contribution is 6.34. The van der Waals surface area contributed by atoms with Crippen LogP contribution in [0.2, 0.25) is 5.02 Å². The maximum atomic E-state index is 9.73. The molecule has 17 heavy (non-hydrogen) atoms. The summed E-state index contributed by atoms with van der Waals surface area (Å²) in [4.78, 5) is 1.90. The summed E-state index contributed by atoms with van der Waals surface area (Å²) in [6.45, 7) is 3.98. The molecule has 0 aromatic heterocycles. The Morgan fingerprint density at radius 2 is 2.12 bits per heavy atom. The molecule has 0 atom stereocenters. The Morgan fingerprint density at radius 1 is 1.53 bits per heavy atom. The van der Waals surface area contributed by atoms with Gasteiger partial charge in [0.15, 0.2) is 0 Å². The highest BCUT2D eigenvalue weighted by Gasteiger charge is 2.16. The number of nitrogens with two attached hydrogens (primary N) is 1. The minimum absolute atomic E-state index is 0.0494. The van der Waals surface area contributed by atoms with Crippen molar-refractivity contribution in [1.82, 2.24) is 0 Å². The average Bonchev–Trinajstić information content (AvgIpc) is 2.14. The van der Waals surface area contributed by atoms with Crippen molar-refractivity contribution in [3.05, 3.63) is 28.8 Å². The second-order valence-corrected chi connectivity index (χ2v) is 5.15. The number of rotatable bonds is 4. The van der Waals surface area contributed by atoms with E-state index in [4.69, 9.17) is 22.7 Å². The normalized spacial score (nSPS) is 11.4. The van der Waals surface area contributed by atoms with Crippen molar-refractivity contribution in [2.24, 2.45) is 5.73 Å². The van der Waals surface area contributed by atoms with Crippen LogP contribution in [0.25, 0.3) is 0 Å². The molecular formula is C12H18ClN3O. The van der Waals surface area contributed by atoms with E-state index in [1.54, 1.807) is 26.0 Å². The van der Waals surface area contributed by atoms with Gasteiger partial charge in [0, 0.05) is 24.8 Å². The summed E-state index contributed by atoms with van der Waals surface area (Å²) in [7, 11) is 1.87. The number of hydrogen-bond acceptors (Lipinski definition) is 3. The Labute approximate surface area is 107 Å². The lowest BCUT2D eigenvalue weighted by Crippen LogP contribution is -2.36. The summed E-state index contributed by atoms with van der Waals surface area (Å²) < 4.78 is 0. The predicted molar refractivity (Wildman–Crippen MR) is 72.0 cm³/mol. The molecule has 0 heterocycles. The van der Waals surface area contributed by atoms with Crippen molar-refractivity contribution in [3.8, 4) is 0 Å². The molecule has 0 fully saturated rings. The topological polar surface area (TPSA) is 73.3 Å². The smallest absolute Gasteiger partial charge is 0.124 e. The first-order valence-corrected chi connectivity index (χ1v) is 5.66. The van der Waals surface area contributed by atoms with E-state index in [0.29, 0.717) is 17.1 Å². The van der Waals surface area contributed by atoms with Crippen molar-refractivity contribution >= 4 is 23.1 Å². The summed E-state index contributed by atoms with van der Waals surface area (Å²) in [6.07, 6.45) is 0. The first-order chi connectivity index (χ1) is 7.70. The predicted octanol–water partition coefficient (Wildman–Crippen LogP) is 1.83. The van der Waals surface area contributed by atoms with Crippen molar-refractivity contribution in [2.45, 2.75) is 19.4 Å². The Kier molecular flexibility index (Phi) is 4.01. The van der Waals surface area contributed by atoms with Gasteiger partial charge in [-0.15, -0.1) is 0 Å². The van der Waals surface area contributed by atoms with E-state index in [9.17, 15) is 5.11 Å². The third kappa shape index (κ3) is 3.91. The molecule has 94 valence electrons. The minimum atomic E-state index is -0.777. The third-order valence-corrected chi connectivity index (χ3v) is 2.62. The number of hydrogen-bond donors (Lipinski definition) is 3. The molecule has 0 saturated carbocycles. The Bertz CT molecular complexity index is 426. The summed E-state index contributed by atoms with van der Waals surface area (Å²) in [5.74, 6) is -0.0494. The SMILES string of the molecule is CN(CC(C)(C)O)c1ccc(C(=N)N)c(Cl)c1. The largest absolute Gasteiger partial charge is 0.389 e. The number of amidine groups is 1. The average molecular weight is 256 g/mol. The first kappa shape index (κ1) is 13.8. The fourth-order valence-electron chi connectivity index (χ4n) is 1.63. The van der Waals surface area contributed by atoms with Gasteiger partial charge in [-0.25, -0.2) is 0 Å². The lowest BCUT2D eigenvalue weighted by Gasteiger charge is -2.27. The highest BCUT2D eigenvalue weighted by atomic mass is 35.5. The van der Waals surface area contributed by atoms with Crippen LogP contribution in [0, 0.1) is 5.41 Å². The standard InChI is InChI=1S/C12H18ClN3O/c1-12(2,17)7-16(3)8-4-5-9(11(14)15)10(13)6-8/h4-6,17H,7H2,1-3H3,(H3,14,15). The van der Waals surface area contributed by atoms with Crippen LogP contribution >= 0.6 is 11.6 Å². The fraction of sp³-hybridized carbons (Fsp3) is 0.417. The molecule has 4 nitrogen and oxygen atoms in total. The van der Waals surface area contributed by atoms with Gasteiger partial charge >= 0.3 is 0 Å². The monoisotopic (exact) mass is 255 g/mol. The molecule has 1 aromatic rings. The quantitative estimate of drug-likeness (QED) is 0.568. The van der Waals surface area contributed by atoms with Gasteiger partial charge in [-0.2, -0.15) is 0 Å². The van der Waals surface area contributed by atoms with Gasteiger partial charge in [-0.05, 0) is 32.0 Å². The minimum Gasteiger partial charge on any atom is -0.389 e. The fourth-order valence-corrected chi connectivity index (χ4v) is 1.91. The Morgan fingerprint density at radius 3 is 2.53 bits per heavy atom. The molecule has 1 rings (SSSR count). The molecule has 0 amide bonds. The maximum Gasteiger partial charge on any atom is 0.124 e. The lowest BCUT2D eigenvalue weighted by molar-refractivity contribution is 0.0886. The summed E-state index contributed by atoms with van der Waals surface area (Å²) in [5, 5.41) is 17.5. The molecule has 0 radical (unpaired) electrons. The molecule has 0 bridgehead atoms. The second kappa shape index (κ2) is 4.94.